The molecule has 0 spiro atoms. The fourth-order valence-electron chi connectivity index (χ4n) is 4.40. The lowest BCUT2D eigenvalue weighted by atomic mass is 10.1. The van der Waals surface area contributed by atoms with E-state index in [1.807, 2.05) is 0 Å². The second-order valence-electron chi connectivity index (χ2n) is 7.84. The Bertz CT molecular complexity index is 878. The molecule has 0 bridgehead atoms. The van der Waals surface area contributed by atoms with E-state index >= 15 is 0 Å². The Balaban J connectivity index is 1.48. The summed E-state index contributed by atoms with van der Waals surface area (Å²) >= 11 is 0. The van der Waals surface area contributed by atoms with Crippen molar-refractivity contribution >= 4 is 10.9 Å². The molecule has 1 fully saturated rings. The van der Waals surface area contributed by atoms with E-state index in [2.05, 4.69) is 83.4 Å². The lowest BCUT2D eigenvalue weighted by molar-refractivity contribution is 0.260. The van der Waals surface area contributed by atoms with Gasteiger partial charge in [-0.05, 0) is 50.0 Å². The highest BCUT2D eigenvalue weighted by Gasteiger charge is 2.22. The topological polar surface area (TPSA) is 20.2 Å². The minimum atomic E-state index is 0.705. The van der Waals surface area contributed by atoms with Gasteiger partial charge in [-0.25, -0.2) is 0 Å². The Morgan fingerprint density at radius 2 is 1.89 bits per heavy atom. The average molecular weight is 362 g/mol. The van der Waals surface area contributed by atoms with Gasteiger partial charge in [-0.15, -0.1) is 0 Å². The van der Waals surface area contributed by atoms with E-state index in [1.165, 1.54) is 53.5 Å². The number of para-hydroxylation sites is 1. The molecule has 142 valence electrons. The van der Waals surface area contributed by atoms with Gasteiger partial charge in [-0.3, -0.25) is 4.90 Å². The fourth-order valence-corrected chi connectivity index (χ4v) is 4.40. The number of aromatic nitrogens is 1. The third-order valence-corrected chi connectivity index (χ3v) is 5.95. The molecule has 0 radical (unpaired) electrons. The van der Waals surface area contributed by atoms with Gasteiger partial charge in [0.2, 0.25) is 0 Å². The maximum atomic E-state index is 3.73. The maximum Gasteiger partial charge on any atom is 0.0486 e. The Kier molecular flexibility index (Phi) is 5.61. The summed E-state index contributed by atoms with van der Waals surface area (Å²) in [5.41, 5.74) is 5.39. The third-order valence-electron chi connectivity index (χ3n) is 5.95. The summed E-state index contributed by atoms with van der Waals surface area (Å²) in [6.07, 6.45) is 5.01. The number of nitrogens with one attached hydrogen (secondary N) is 1. The molecule has 0 saturated carbocycles. The normalized spacial score (nSPS) is 17.8. The quantitative estimate of drug-likeness (QED) is 0.665. The average Bonchev–Trinajstić information content (AvgIpc) is 3.29. The molecule has 1 saturated heterocycles. The molecule has 1 atom stereocenters. The zero-order chi connectivity index (χ0) is 18.6. The molecule has 0 amide bonds. The molecule has 4 rings (SSSR count). The number of hydrogen-bond donors (Lipinski definition) is 1. The molecule has 1 aromatic heterocycles. The molecular formula is C24H31N3. The van der Waals surface area contributed by atoms with Crippen LogP contribution in [0.4, 0.5) is 0 Å². The third kappa shape index (κ3) is 4.10. The summed E-state index contributed by atoms with van der Waals surface area (Å²) in [5, 5.41) is 5.10. The van der Waals surface area contributed by atoms with Gasteiger partial charge in [-0.2, -0.15) is 0 Å². The number of aryl methyl sites for hydroxylation is 1. The molecule has 2 aromatic carbocycles. The first kappa shape index (κ1) is 18.3. The molecule has 1 N–H and O–H groups in total. The number of nitrogens with zero attached hydrogens (tertiary/aromatic N) is 2. The Morgan fingerprint density at radius 3 is 2.70 bits per heavy atom. The van der Waals surface area contributed by atoms with E-state index in [0.29, 0.717) is 6.04 Å². The van der Waals surface area contributed by atoms with Crippen molar-refractivity contribution in [1.82, 2.24) is 14.8 Å². The molecular weight excluding hydrogens is 330 g/mol. The summed E-state index contributed by atoms with van der Waals surface area (Å²) in [6.45, 7) is 9.80. The number of likely N-dealkylation sites (tertiary alicyclic amines) is 1. The highest BCUT2D eigenvalue weighted by molar-refractivity contribution is 5.84. The van der Waals surface area contributed by atoms with Crippen LogP contribution in [0.15, 0.2) is 54.7 Å². The van der Waals surface area contributed by atoms with Crippen LogP contribution in [0.2, 0.25) is 0 Å². The van der Waals surface area contributed by atoms with Crippen LogP contribution < -0.4 is 5.32 Å². The number of benzene rings is 2. The van der Waals surface area contributed by atoms with E-state index in [4.69, 9.17) is 0 Å². The van der Waals surface area contributed by atoms with E-state index in [1.54, 1.807) is 0 Å². The van der Waals surface area contributed by atoms with Crippen LogP contribution in [-0.4, -0.2) is 35.1 Å². The molecule has 3 nitrogen and oxygen atoms in total. The maximum absolute atomic E-state index is 3.73. The number of hydrogen-bond acceptors (Lipinski definition) is 2. The predicted octanol–water partition coefficient (Wildman–Crippen LogP) is 4.57. The largest absolute Gasteiger partial charge is 0.343 e. The van der Waals surface area contributed by atoms with Gasteiger partial charge in [0.15, 0.2) is 0 Å². The van der Waals surface area contributed by atoms with Crippen molar-refractivity contribution in [3.63, 3.8) is 0 Å². The first-order valence-electron chi connectivity index (χ1n) is 10.3. The molecule has 3 heteroatoms. The molecule has 1 aliphatic heterocycles. The van der Waals surface area contributed by atoms with Crippen molar-refractivity contribution in [1.29, 1.82) is 0 Å². The van der Waals surface area contributed by atoms with Crippen molar-refractivity contribution in [2.45, 2.75) is 45.8 Å². The fraction of sp³-hybridized carbons (Fsp3) is 0.417. The van der Waals surface area contributed by atoms with Gasteiger partial charge in [-0.1, -0.05) is 55.0 Å². The first-order valence-corrected chi connectivity index (χ1v) is 10.3. The van der Waals surface area contributed by atoms with Crippen molar-refractivity contribution in [3.05, 3.63) is 71.4 Å². The zero-order valence-electron chi connectivity index (χ0n) is 16.6. The minimum absolute atomic E-state index is 0.705. The second-order valence-corrected chi connectivity index (χ2v) is 7.84. The predicted molar refractivity (Wildman–Crippen MR) is 114 cm³/mol. The van der Waals surface area contributed by atoms with Crippen LogP contribution in [0.1, 0.15) is 36.5 Å². The van der Waals surface area contributed by atoms with Gasteiger partial charge in [0.05, 0.1) is 0 Å². The summed E-state index contributed by atoms with van der Waals surface area (Å²) in [7, 11) is 0. The lowest BCUT2D eigenvalue weighted by Crippen LogP contribution is -2.37. The minimum Gasteiger partial charge on any atom is -0.343 e. The number of likely N-dealkylation sites (N-methyl/N-ethyl adjacent to an activating group) is 1. The van der Waals surface area contributed by atoms with Crippen molar-refractivity contribution in [2.24, 2.45) is 0 Å². The zero-order valence-corrected chi connectivity index (χ0v) is 16.6. The number of fused-ring (bicyclic) bond motifs is 1. The van der Waals surface area contributed by atoms with E-state index in [9.17, 15) is 0 Å². The van der Waals surface area contributed by atoms with E-state index in [0.717, 1.165) is 19.6 Å². The lowest BCUT2D eigenvalue weighted by Gasteiger charge is -2.22. The second kappa shape index (κ2) is 8.28. The monoisotopic (exact) mass is 361 g/mol. The van der Waals surface area contributed by atoms with Gasteiger partial charge >= 0.3 is 0 Å². The smallest absolute Gasteiger partial charge is 0.0486 e. The van der Waals surface area contributed by atoms with E-state index < -0.39 is 0 Å². The summed E-state index contributed by atoms with van der Waals surface area (Å²) < 4.78 is 2.39. The molecule has 2 heterocycles. The van der Waals surface area contributed by atoms with Crippen LogP contribution in [0, 0.1) is 6.92 Å². The standard InChI is InChI=1S/C24H31N3/c1-3-26-14-6-7-22(26)16-25-15-21-18-27(24-9-5-4-8-23(21)24)17-20-12-10-19(2)11-13-20/h4-5,8-13,18,22,25H,3,6-7,14-17H2,1-2H3/t22-/m1/s1. The van der Waals surface area contributed by atoms with Crippen LogP contribution in [0.25, 0.3) is 10.9 Å². The van der Waals surface area contributed by atoms with Crippen molar-refractivity contribution in [2.75, 3.05) is 19.6 Å². The molecule has 27 heavy (non-hydrogen) atoms. The summed E-state index contributed by atoms with van der Waals surface area (Å²) in [4.78, 5) is 2.60. The van der Waals surface area contributed by atoms with Crippen molar-refractivity contribution in [3.8, 4) is 0 Å². The first-order chi connectivity index (χ1) is 13.2. The Morgan fingerprint density at radius 1 is 1.07 bits per heavy atom. The van der Waals surface area contributed by atoms with Crippen LogP contribution in [0.5, 0.6) is 0 Å². The molecule has 3 aromatic rings. The van der Waals surface area contributed by atoms with Crippen LogP contribution >= 0.6 is 0 Å². The van der Waals surface area contributed by atoms with Gasteiger partial charge in [0, 0.05) is 42.8 Å². The molecule has 0 aliphatic carbocycles. The van der Waals surface area contributed by atoms with E-state index in [-0.39, 0.29) is 0 Å². The van der Waals surface area contributed by atoms with Crippen LogP contribution in [-0.2, 0) is 13.1 Å². The SMILES string of the molecule is CCN1CCC[C@@H]1CNCc1cn(Cc2ccc(C)cc2)c2ccccc12. The summed E-state index contributed by atoms with van der Waals surface area (Å²) in [6, 6.07) is 18.4. The number of rotatable bonds is 7. The van der Waals surface area contributed by atoms with Crippen molar-refractivity contribution < 1.29 is 0 Å². The van der Waals surface area contributed by atoms with Crippen LogP contribution in [0.3, 0.4) is 0 Å². The molecule has 0 unspecified atom stereocenters. The van der Waals surface area contributed by atoms with Gasteiger partial charge in [0.1, 0.15) is 0 Å². The summed E-state index contributed by atoms with van der Waals surface area (Å²) in [5.74, 6) is 0. The Labute approximate surface area is 163 Å². The molecule has 1 aliphatic rings. The highest BCUT2D eigenvalue weighted by Crippen LogP contribution is 2.23. The van der Waals surface area contributed by atoms with Gasteiger partial charge in [0.25, 0.3) is 0 Å². The highest BCUT2D eigenvalue weighted by atomic mass is 15.2. The Hall–Kier alpha value is -2.10. The van der Waals surface area contributed by atoms with Gasteiger partial charge < -0.3 is 9.88 Å².